The molecule has 144 valence electrons. The molecule has 2 aliphatic heterocycles. The van der Waals surface area contributed by atoms with E-state index in [9.17, 15) is 18.0 Å². The highest BCUT2D eigenvalue weighted by molar-refractivity contribution is 7.89. The van der Waals surface area contributed by atoms with Crippen LogP contribution in [0.4, 0.5) is 5.69 Å². The predicted octanol–water partition coefficient (Wildman–Crippen LogP) is -0.0231. The third-order valence-corrected chi connectivity index (χ3v) is 5.51. The molecule has 2 atom stereocenters. The monoisotopic (exact) mass is 402 g/mol. The van der Waals surface area contributed by atoms with E-state index in [0.717, 1.165) is 25.9 Å². The van der Waals surface area contributed by atoms with Crippen molar-refractivity contribution in [1.82, 2.24) is 10.6 Å². The Balaban J connectivity index is 0.00000243. The molecular formula is C16H23ClN4O4S. The zero-order valence-corrected chi connectivity index (χ0v) is 15.8. The Bertz CT molecular complexity index is 780. The maximum Gasteiger partial charge on any atom is 0.238 e. The molecule has 1 aromatic rings. The van der Waals surface area contributed by atoms with Crippen LogP contribution in [-0.2, 0) is 19.6 Å². The topological polar surface area (TPSA) is 122 Å². The number of carbonyl (C=O) groups excluding carboxylic acids is 2. The lowest BCUT2D eigenvalue weighted by atomic mass is 10.0. The van der Waals surface area contributed by atoms with Crippen LogP contribution < -0.4 is 20.7 Å². The first-order chi connectivity index (χ1) is 11.8. The molecule has 0 radical (unpaired) electrons. The summed E-state index contributed by atoms with van der Waals surface area (Å²) in [5.74, 6) is -0.770. The second-order valence-electron chi connectivity index (χ2n) is 6.50. The van der Waals surface area contributed by atoms with Gasteiger partial charge in [0.1, 0.15) is 0 Å². The van der Waals surface area contributed by atoms with Crippen LogP contribution in [0.3, 0.4) is 0 Å². The van der Waals surface area contributed by atoms with E-state index in [1.54, 1.807) is 6.07 Å². The number of primary sulfonamides is 1. The van der Waals surface area contributed by atoms with Crippen molar-refractivity contribution in [3.8, 4) is 0 Å². The summed E-state index contributed by atoms with van der Waals surface area (Å²) in [6.07, 6.45) is 2.06. The molecule has 1 aromatic carbocycles. The Morgan fingerprint density at radius 3 is 2.77 bits per heavy atom. The van der Waals surface area contributed by atoms with E-state index in [2.05, 4.69) is 10.6 Å². The van der Waals surface area contributed by atoms with Gasteiger partial charge in [-0.2, -0.15) is 0 Å². The summed E-state index contributed by atoms with van der Waals surface area (Å²) in [6.45, 7) is 1.94. The highest BCUT2D eigenvalue weighted by atomic mass is 35.5. The van der Waals surface area contributed by atoms with Crippen LogP contribution in [0.1, 0.15) is 19.3 Å². The normalized spacial score (nSPS) is 23.4. The molecule has 26 heavy (non-hydrogen) atoms. The summed E-state index contributed by atoms with van der Waals surface area (Å²) < 4.78 is 23.0. The van der Waals surface area contributed by atoms with Gasteiger partial charge in [0.15, 0.2) is 0 Å². The van der Waals surface area contributed by atoms with Crippen molar-refractivity contribution in [3.05, 3.63) is 24.3 Å². The first-order valence-electron chi connectivity index (χ1n) is 8.29. The zero-order chi connectivity index (χ0) is 18.0. The van der Waals surface area contributed by atoms with Crippen LogP contribution in [-0.4, -0.2) is 45.9 Å². The van der Waals surface area contributed by atoms with Crippen molar-refractivity contribution in [2.75, 3.05) is 24.5 Å². The molecule has 0 aromatic heterocycles. The lowest BCUT2D eigenvalue weighted by Crippen LogP contribution is -2.47. The van der Waals surface area contributed by atoms with Gasteiger partial charge in [0.2, 0.25) is 21.8 Å². The van der Waals surface area contributed by atoms with E-state index in [-0.39, 0.29) is 48.1 Å². The van der Waals surface area contributed by atoms with Gasteiger partial charge in [0, 0.05) is 31.2 Å². The predicted molar refractivity (Wildman–Crippen MR) is 99.6 cm³/mol. The summed E-state index contributed by atoms with van der Waals surface area (Å²) in [4.78, 5) is 26.1. The molecule has 0 aliphatic carbocycles. The number of hydrogen-bond acceptors (Lipinski definition) is 5. The number of nitrogens with zero attached hydrogens (tertiary/aromatic N) is 1. The number of carbonyl (C=O) groups is 2. The lowest BCUT2D eigenvalue weighted by Gasteiger charge is -2.25. The smallest absolute Gasteiger partial charge is 0.238 e. The molecule has 2 aliphatic rings. The third-order valence-electron chi connectivity index (χ3n) is 4.60. The van der Waals surface area contributed by atoms with Gasteiger partial charge in [-0.25, -0.2) is 13.6 Å². The summed E-state index contributed by atoms with van der Waals surface area (Å²) in [5.41, 5.74) is 0.436. The van der Waals surface area contributed by atoms with Gasteiger partial charge in [0.05, 0.1) is 10.8 Å². The van der Waals surface area contributed by atoms with Crippen LogP contribution in [0.15, 0.2) is 29.2 Å². The quantitative estimate of drug-likeness (QED) is 0.653. The van der Waals surface area contributed by atoms with Gasteiger partial charge >= 0.3 is 0 Å². The van der Waals surface area contributed by atoms with Crippen LogP contribution in [0.2, 0.25) is 0 Å². The number of halogens is 1. The molecule has 8 nitrogen and oxygen atoms in total. The average Bonchev–Trinajstić information content (AvgIpc) is 2.97. The molecule has 0 saturated carbocycles. The maximum atomic E-state index is 12.4. The second kappa shape index (κ2) is 8.34. The van der Waals surface area contributed by atoms with E-state index in [4.69, 9.17) is 5.14 Å². The number of rotatable bonds is 4. The number of nitrogens with two attached hydrogens (primary N) is 1. The van der Waals surface area contributed by atoms with Gasteiger partial charge in [-0.15, -0.1) is 12.4 Å². The fourth-order valence-electron chi connectivity index (χ4n) is 3.26. The molecular weight excluding hydrogens is 380 g/mol. The molecule has 4 N–H and O–H groups in total. The largest absolute Gasteiger partial charge is 0.352 e. The van der Waals surface area contributed by atoms with Gasteiger partial charge < -0.3 is 15.5 Å². The third kappa shape index (κ3) is 4.73. The molecule has 2 amide bonds. The fourth-order valence-corrected chi connectivity index (χ4v) is 3.81. The molecule has 2 heterocycles. The van der Waals surface area contributed by atoms with E-state index in [1.165, 1.54) is 23.1 Å². The minimum Gasteiger partial charge on any atom is -0.352 e. The second-order valence-corrected chi connectivity index (χ2v) is 8.06. The number of piperidine rings is 1. The minimum atomic E-state index is -3.85. The number of hydrogen-bond donors (Lipinski definition) is 3. The lowest BCUT2D eigenvalue weighted by molar-refractivity contribution is -0.127. The summed E-state index contributed by atoms with van der Waals surface area (Å²) >= 11 is 0. The van der Waals surface area contributed by atoms with Gasteiger partial charge in [0.25, 0.3) is 0 Å². The van der Waals surface area contributed by atoms with Gasteiger partial charge in [-0.1, -0.05) is 6.07 Å². The first kappa shape index (κ1) is 20.6. The Labute approximate surface area is 159 Å². The van der Waals surface area contributed by atoms with Crippen molar-refractivity contribution < 1.29 is 18.0 Å². The molecule has 10 heteroatoms. The highest BCUT2D eigenvalue weighted by Crippen LogP contribution is 2.27. The van der Waals surface area contributed by atoms with E-state index in [1.807, 2.05) is 0 Å². The Morgan fingerprint density at radius 2 is 2.12 bits per heavy atom. The number of nitrogens with one attached hydrogen (secondary N) is 2. The molecule has 0 spiro atoms. The van der Waals surface area contributed by atoms with Crippen molar-refractivity contribution >= 4 is 39.9 Å². The number of anilines is 1. The molecule has 1 unspecified atom stereocenters. The van der Waals surface area contributed by atoms with Crippen molar-refractivity contribution in [3.63, 3.8) is 0 Å². The standard InChI is InChI=1S/C16H22N4O4S.ClH/c17-25(23,24)14-5-1-4-13(8-14)20-10-11(7-15(20)21)16(22)19-12-3-2-6-18-9-12;/h1,4-5,8,11-12,18H,2-3,6-7,9-10H2,(H,19,22)(H2,17,23,24);1H/t11?,12-;/m0./s1. The molecule has 3 rings (SSSR count). The van der Waals surface area contributed by atoms with Crippen molar-refractivity contribution in [2.45, 2.75) is 30.2 Å². The summed E-state index contributed by atoms with van der Waals surface area (Å²) in [6, 6.07) is 6.00. The molecule has 2 fully saturated rings. The van der Waals surface area contributed by atoms with Crippen molar-refractivity contribution in [1.29, 1.82) is 0 Å². The highest BCUT2D eigenvalue weighted by Gasteiger charge is 2.36. The fraction of sp³-hybridized carbons (Fsp3) is 0.500. The van der Waals surface area contributed by atoms with Crippen LogP contribution in [0, 0.1) is 5.92 Å². The average molecular weight is 403 g/mol. The SMILES string of the molecule is Cl.NS(=O)(=O)c1cccc(N2CC(C(=O)N[C@H]3CCCNC3)CC2=O)c1. The number of amides is 2. The van der Waals surface area contributed by atoms with E-state index in [0.29, 0.717) is 5.69 Å². The number of benzene rings is 1. The number of sulfonamides is 1. The molecule has 2 saturated heterocycles. The minimum absolute atomic E-state index is 0. The van der Waals surface area contributed by atoms with Crippen LogP contribution >= 0.6 is 12.4 Å². The van der Waals surface area contributed by atoms with Crippen molar-refractivity contribution in [2.24, 2.45) is 11.1 Å². The zero-order valence-electron chi connectivity index (χ0n) is 14.2. The van der Waals surface area contributed by atoms with Crippen LogP contribution in [0.25, 0.3) is 0 Å². The Morgan fingerprint density at radius 1 is 1.35 bits per heavy atom. The Hall–Kier alpha value is -1.68. The summed E-state index contributed by atoms with van der Waals surface area (Å²) in [5, 5.41) is 11.4. The Kier molecular flexibility index (Phi) is 6.62. The van der Waals surface area contributed by atoms with Crippen LogP contribution in [0.5, 0.6) is 0 Å². The maximum absolute atomic E-state index is 12.4. The van der Waals surface area contributed by atoms with E-state index < -0.39 is 15.9 Å². The first-order valence-corrected chi connectivity index (χ1v) is 9.83. The molecule has 0 bridgehead atoms. The summed E-state index contributed by atoms with van der Waals surface area (Å²) in [7, 11) is -3.85. The van der Waals surface area contributed by atoms with Gasteiger partial charge in [-0.3, -0.25) is 9.59 Å². The van der Waals surface area contributed by atoms with E-state index >= 15 is 0 Å². The van der Waals surface area contributed by atoms with Gasteiger partial charge in [-0.05, 0) is 37.6 Å².